The zero-order chi connectivity index (χ0) is 11.6. The molecule has 84 valence electrons. The lowest BCUT2D eigenvalue weighted by molar-refractivity contribution is 0.403. The summed E-state index contributed by atoms with van der Waals surface area (Å²) >= 11 is 27.7. The topological polar surface area (TPSA) is 31.4 Å². The zero-order valence-corrected chi connectivity index (χ0v) is 11.9. The Hall–Kier alpha value is 0.720. The van der Waals surface area contributed by atoms with Crippen LogP contribution in [0.3, 0.4) is 0 Å². The highest BCUT2D eigenvalue weighted by molar-refractivity contribution is 8.22. The van der Waals surface area contributed by atoms with Crippen LogP contribution in [0.2, 0.25) is 15.2 Å². The lowest BCUT2D eigenvalue weighted by Gasteiger charge is -2.13. The highest BCUT2D eigenvalue weighted by Gasteiger charge is 2.19. The van der Waals surface area contributed by atoms with E-state index >= 15 is 0 Å². The van der Waals surface area contributed by atoms with Crippen molar-refractivity contribution < 1.29 is 9.05 Å². The molecule has 0 aliphatic heterocycles. The summed E-state index contributed by atoms with van der Waals surface area (Å²) < 4.78 is 9.86. The van der Waals surface area contributed by atoms with Crippen molar-refractivity contribution >= 4 is 63.7 Å². The molecule has 0 spiro atoms. The molecule has 0 radical (unpaired) electrons. The molecule has 1 unspecified atom stereocenters. The van der Waals surface area contributed by atoms with Crippen molar-refractivity contribution in [2.45, 2.75) is 0 Å². The van der Waals surface area contributed by atoms with Crippen molar-refractivity contribution in [2.24, 2.45) is 0 Å². The zero-order valence-electron chi connectivity index (χ0n) is 7.21. The van der Waals surface area contributed by atoms with Gasteiger partial charge in [-0.15, -0.1) is 0 Å². The second kappa shape index (κ2) is 5.37. The normalized spacial score (nSPS) is 14.7. The van der Waals surface area contributed by atoms with Crippen LogP contribution in [0.4, 0.5) is 0 Å². The molecule has 1 atom stereocenters. The SMILES string of the molecule is COP(=S)(Cl)Oc1nc(Cl)c(Cl)cc1Cl. The standard InChI is InChI=1S/C6H4Cl4NO2PS/c1-12-14(10,15)13-6-4(8)2-3(7)5(9)11-6/h2H,1H3. The van der Waals surface area contributed by atoms with E-state index in [2.05, 4.69) is 4.98 Å². The van der Waals surface area contributed by atoms with Gasteiger partial charge >= 0.3 is 5.84 Å². The molecule has 0 N–H and O–H groups in total. The number of nitrogens with zero attached hydrogens (tertiary/aromatic N) is 1. The van der Waals surface area contributed by atoms with E-state index in [4.69, 9.17) is 66.9 Å². The molecule has 0 aliphatic carbocycles. The molecule has 1 aromatic heterocycles. The maximum absolute atomic E-state index is 5.79. The predicted molar refractivity (Wildman–Crippen MR) is 67.0 cm³/mol. The molecular weight excluding hydrogens is 323 g/mol. The van der Waals surface area contributed by atoms with E-state index in [0.29, 0.717) is 0 Å². The Kier molecular flexibility index (Phi) is 4.93. The van der Waals surface area contributed by atoms with Crippen molar-refractivity contribution in [2.75, 3.05) is 7.11 Å². The van der Waals surface area contributed by atoms with Crippen LogP contribution in [0.15, 0.2) is 6.07 Å². The lowest BCUT2D eigenvalue weighted by atomic mass is 10.5. The van der Waals surface area contributed by atoms with E-state index in [0.717, 1.165) is 0 Å². The monoisotopic (exact) mass is 325 g/mol. The van der Waals surface area contributed by atoms with Crippen LogP contribution in [0, 0.1) is 0 Å². The largest absolute Gasteiger partial charge is 0.413 e. The Balaban J connectivity index is 3.06. The number of hydrogen-bond donors (Lipinski definition) is 0. The smallest absolute Gasteiger partial charge is 0.333 e. The Morgan fingerprint density at radius 1 is 1.33 bits per heavy atom. The average molecular weight is 327 g/mol. The third-order valence-corrected chi connectivity index (χ3v) is 4.33. The van der Waals surface area contributed by atoms with Gasteiger partial charge in [-0.3, -0.25) is 0 Å². The first-order valence-corrected chi connectivity index (χ1v) is 8.10. The molecule has 0 bridgehead atoms. The molecule has 0 saturated carbocycles. The van der Waals surface area contributed by atoms with E-state index < -0.39 is 5.84 Å². The van der Waals surface area contributed by atoms with Gasteiger partial charge in [0.2, 0.25) is 5.88 Å². The van der Waals surface area contributed by atoms with Gasteiger partial charge < -0.3 is 9.05 Å². The fraction of sp³-hybridized carbons (Fsp3) is 0.167. The molecule has 0 aliphatic rings. The van der Waals surface area contributed by atoms with Crippen LogP contribution in [0.25, 0.3) is 0 Å². The minimum Gasteiger partial charge on any atom is -0.413 e. The fourth-order valence-electron chi connectivity index (χ4n) is 0.633. The highest BCUT2D eigenvalue weighted by atomic mass is 35.7. The predicted octanol–water partition coefficient (Wildman–Crippen LogP) is 4.53. The summed E-state index contributed by atoms with van der Waals surface area (Å²) in [6.45, 7) is 0. The van der Waals surface area contributed by atoms with Crippen LogP contribution < -0.4 is 4.52 Å². The van der Waals surface area contributed by atoms with E-state index in [-0.39, 0.29) is 21.1 Å². The minimum absolute atomic E-state index is 0.00579. The van der Waals surface area contributed by atoms with Gasteiger partial charge in [-0.2, -0.15) is 4.98 Å². The Labute approximate surface area is 112 Å². The first-order valence-electron chi connectivity index (χ1n) is 3.42. The third-order valence-electron chi connectivity index (χ3n) is 1.27. The molecule has 1 aromatic rings. The van der Waals surface area contributed by atoms with Crippen molar-refractivity contribution in [3.05, 3.63) is 21.3 Å². The van der Waals surface area contributed by atoms with Crippen LogP contribution >= 0.6 is 51.9 Å². The van der Waals surface area contributed by atoms with Crippen LogP contribution in [0.5, 0.6) is 5.88 Å². The van der Waals surface area contributed by atoms with E-state index in [1.165, 1.54) is 13.2 Å². The molecule has 15 heavy (non-hydrogen) atoms. The van der Waals surface area contributed by atoms with Crippen LogP contribution in [-0.2, 0) is 16.3 Å². The molecule has 0 aromatic carbocycles. The second-order valence-corrected chi connectivity index (χ2v) is 8.21. The summed E-state index contributed by atoms with van der Waals surface area (Å²) in [6, 6.07) is 1.38. The summed E-state index contributed by atoms with van der Waals surface area (Å²) in [5.74, 6) is -2.89. The first kappa shape index (κ1) is 13.8. The summed E-state index contributed by atoms with van der Waals surface area (Å²) in [5, 5.41) is 0.435. The molecule has 0 amide bonds. The van der Waals surface area contributed by atoms with Gasteiger partial charge in [-0.25, -0.2) is 0 Å². The summed E-state index contributed by atoms with van der Waals surface area (Å²) in [5.41, 5.74) is 0. The van der Waals surface area contributed by atoms with Crippen molar-refractivity contribution in [1.82, 2.24) is 4.98 Å². The van der Waals surface area contributed by atoms with Gasteiger partial charge in [0.05, 0.1) is 5.02 Å². The molecule has 1 heterocycles. The lowest BCUT2D eigenvalue weighted by Crippen LogP contribution is -1.93. The van der Waals surface area contributed by atoms with Crippen molar-refractivity contribution in [1.29, 1.82) is 0 Å². The van der Waals surface area contributed by atoms with Gasteiger partial charge in [0.1, 0.15) is 5.02 Å². The number of hydrogen-bond acceptors (Lipinski definition) is 4. The minimum atomic E-state index is -2.90. The van der Waals surface area contributed by atoms with E-state index in [1.807, 2.05) is 0 Å². The molecule has 1 rings (SSSR count). The fourth-order valence-corrected chi connectivity index (χ4v) is 2.04. The first-order chi connectivity index (χ1) is 6.85. The summed E-state index contributed by atoms with van der Waals surface area (Å²) in [7, 11) is 1.33. The van der Waals surface area contributed by atoms with Crippen molar-refractivity contribution in [3.8, 4) is 5.88 Å². The van der Waals surface area contributed by atoms with Gasteiger partial charge in [0.15, 0.2) is 5.15 Å². The number of aromatic nitrogens is 1. The highest BCUT2D eigenvalue weighted by Crippen LogP contribution is 2.53. The summed E-state index contributed by atoms with van der Waals surface area (Å²) in [4.78, 5) is 3.78. The van der Waals surface area contributed by atoms with E-state index in [9.17, 15) is 0 Å². The van der Waals surface area contributed by atoms with Gasteiger partial charge in [0.25, 0.3) is 0 Å². The Bertz CT molecular complexity index is 430. The molecule has 0 fully saturated rings. The van der Waals surface area contributed by atoms with Crippen LogP contribution in [-0.4, -0.2) is 12.1 Å². The van der Waals surface area contributed by atoms with Crippen molar-refractivity contribution in [3.63, 3.8) is 0 Å². The quantitative estimate of drug-likeness (QED) is 0.603. The maximum Gasteiger partial charge on any atom is 0.333 e. The summed E-state index contributed by atoms with van der Waals surface area (Å²) in [6.07, 6.45) is 0. The van der Waals surface area contributed by atoms with E-state index in [1.54, 1.807) is 0 Å². The number of pyridine rings is 1. The molecule has 9 heteroatoms. The Morgan fingerprint density at radius 3 is 2.47 bits per heavy atom. The third kappa shape index (κ3) is 3.90. The Morgan fingerprint density at radius 2 is 1.93 bits per heavy atom. The van der Waals surface area contributed by atoms with Gasteiger partial charge in [-0.1, -0.05) is 34.8 Å². The average Bonchev–Trinajstić information content (AvgIpc) is 2.14. The van der Waals surface area contributed by atoms with Gasteiger partial charge in [-0.05, 0) is 29.1 Å². The molecule has 3 nitrogen and oxygen atoms in total. The molecular formula is C6H4Cl4NO2PS. The maximum atomic E-state index is 5.79. The van der Waals surface area contributed by atoms with Crippen LogP contribution in [0.1, 0.15) is 0 Å². The second-order valence-electron chi connectivity index (χ2n) is 2.25. The number of rotatable bonds is 3. The number of halogens is 4. The van der Waals surface area contributed by atoms with Gasteiger partial charge in [0, 0.05) is 7.11 Å². The molecule has 0 saturated heterocycles.